The van der Waals surface area contributed by atoms with E-state index in [1.165, 1.54) is 23.9 Å². The number of H-pyrrole nitrogens is 1. The molecule has 2 N–H and O–H groups in total. The van der Waals surface area contributed by atoms with Crippen LogP contribution in [0.25, 0.3) is 0 Å². The molecule has 1 aromatic carbocycles. The Balaban J connectivity index is 1.99. The molecule has 0 saturated heterocycles. The molecule has 5 nitrogen and oxygen atoms in total. The van der Waals surface area contributed by atoms with Gasteiger partial charge in [-0.05, 0) is 24.1 Å². The minimum atomic E-state index is -0.734. The number of rotatable bonds is 7. The number of unbranched alkanes of at least 4 members (excludes halogenated alkanes) is 1. The van der Waals surface area contributed by atoms with E-state index in [1.54, 1.807) is 16.7 Å². The van der Waals surface area contributed by atoms with Gasteiger partial charge in [0.25, 0.3) is 0 Å². The predicted molar refractivity (Wildman–Crippen MR) is 79.8 cm³/mol. The zero-order valence-electron chi connectivity index (χ0n) is 11.8. The van der Waals surface area contributed by atoms with Gasteiger partial charge in [-0.2, -0.15) is 0 Å². The van der Waals surface area contributed by atoms with Crippen molar-refractivity contribution in [1.29, 1.82) is 0 Å². The molecule has 0 bridgehead atoms. The van der Waals surface area contributed by atoms with E-state index >= 15 is 0 Å². The summed E-state index contributed by atoms with van der Waals surface area (Å²) < 4.78 is 14.4. The summed E-state index contributed by atoms with van der Waals surface area (Å²) >= 11 is 1.30. The lowest BCUT2D eigenvalue weighted by Crippen LogP contribution is -2.17. The lowest BCUT2D eigenvalue weighted by atomic mass is 10.1. The van der Waals surface area contributed by atoms with Crippen molar-refractivity contribution < 1.29 is 9.50 Å². The first-order valence-corrected chi connectivity index (χ1v) is 7.82. The number of hydrogen-bond donors (Lipinski definition) is 2. The van der Waals surface area contributed by atoms with Crippen molar-refractivity contribution in [3.05, 3.63) is 46.1 Å². The topological polar surface area (TPSA) is 70.9 Å². The van der Waals surface area contributed by atoms with Crippen LogP contribution in [0.5, 0.6) is 0 Å². The van der Waals surface area contributed by atoms with Gasteiger partial charge in [-0.1, -0.05) is 37.2 Å². The van der Waals surface area contributed by atoms with Crippen LogP contribution in [0.15, 0.2) is 34.2 Å². The van der Waals surface area contributed by atoms with Crippen LogP contribution in [-0.2, 0) is 6.54 Å². The number of halogens is 1. The second kappa shape index (κ2) is 7.42. The molecular weight excluding hydrogens is 293 g/mol. The molecule has 1 aromatic heterocycles. The fourth-order valence-electron chi connectivity index (χ4n) is 1.86. The van der Waals surface area contributed by atoms with Crippen molar-refractivity contribution in [1.82, 2.24) is 14.8 Å². The Bertz CT molecular complexity index is 624. The molecule has 114 valence electrons. The van der Waals surface area contributed by atoms with Crippen LogP contribution in [0.3, 0.4) is 0 Å². The summed E-state index contributed by atoms with van der Waals surface area (Å²) in [5.74, 6) is 0.0153. The molecule has 2 rings (SSSR count). The second-order valence-electron chi connectivity index (χ2n) is 4.69. The number of nitrogens with zero attached hydrogens (tertiary/aromatic N) is 2. The zero-order chi connectivity index (χ0) is 15.2. The number of aliphatic hydroxyl groups excluding tert-OH is 1. The Hall–Kier alpha value is -1.60. The summed E-state index contributed by atoms with van der Waals surface area (Å²) in [6.07, 6.45) is 1.15. The third-order valence-corrected chi connectivity index (χ3v) is 4.14. The van der Waals surface area contributed by atoms with Crippen molar-refractivity contribution in [2.45, 2.75) is 37.6 Å². The molecule has 0 aliphatic carbocycles. The minimum Gasteiger partial charge on any atom is -0.388 e. The number of aromatic amines is 1. The van der Waals surface area contributed by atoms with Gasteiger partial charge >= 0.3 is 5.69 Å². The highest BCUT2D eigenvalue weighted by molar-refractivity contribution is 7.99. The van der Waals surface area contributed by atoms with E-state index in [9.17, 15) is 14.3 Å². The Morgan fingerprint density at radius 3 is 2.81 bits per heavy atom. The largest absolute Gasteiger partial charge is 0.388 e. The fraction of sp³-hybridized carbons (Fsp3) is 0.429. The first-order valence-electron chi connectivity index (χ1n) is 6.83. The molecule has 1 heterocycles. The molecule has 0 amide bonds. The maximum Gasteiger partial charge on any atom is 0.343 e. The average Bonchev–Trinajstić information content (AvgIpc) is 2.83. The van der Waals surface area contributed by atoms with Gasteiger partial charge in [-0.3, -0.25) is 4.57 Å². The number of thioether (sulfide) groups is 1. The van der Waals surface area contributed by atoms with Gasteiger partial charge in [-0.25, -0.2) is 14.3 Å². The number of hydrogen-bond acceptors (Lipinski definition) is 4. The lowest BCUT2D eigenvalue weighted by Gasteiger charge is -2.10. The Morgan fingerprint density at radius 1 is 1.43 bits per heavy atom. The predicted octanol–water partition coefficient (Wildman–Crippen LogP) is 2.34. The van der Waals surface area contributed by atoms with E-state index in [1.807, 2.05) is 0 Å². The molecule has 0 fully saturated rings. The zero-order valence-corrected chi connectivity index (χ0v) is 12.6. The van der Waals surface area contributed by atoms with E-state index in [0.717, 1.165) is 12.8 Å². The normalized spacial score (nSPS) is 12.5. The van der Waals surface area contributed by atoms with Gasteiger partial charge < -0.3 is 5.11 Å². The third-order valence-electron chi connectivity index (χ3n) is 3.08. The molecule has 7 heteroatoms. The lowest BCUT2D eigenvalue weighted by molar-refractivity contribution is 0.204. The Labute approximate surface area is 126 Å². The van der Waals surface area contributed by atoms with E-state index in [-0.39, 0.29) is 11.5 Å². The van der Waals surface area contributed by atoms with Crippen LogP contribution in [-0.4, -0.2) is 25.6 Å². The SMILES string of the molecule is CCCCn1c(SCC(O)c2ccc(F)cc2)n[nH]c1=O. The first kappa shape index (κ1) is 15.8. The van der Waals surface area contributed by atoms with Crippen LogP contribution < -0.4 is 5.69 Å². The van der Waals surface area contributed by atoms with E-state index < -0.39 is 6.10 Å². The maximum absolute atomic E-state index is 12.8. The van der Waals surface area contributed by atoms with Gasteiger partial charge in [0.1, 0.15) is 5.82 Å². The molecule has 1 atom stereocenters. The fourth-order valence-corrected chi connectivity index (χ4v) is 2.80. The number of benzene rings is 1. The molecule has 2 aromatic rings. The summed E-state index contributed by atoms with van der Waals surface area (Å²) in [5.41, 5.74) is 0.407. The molecule has 0 radical (unpaired) electrons. The molecule has 0 spiro atoms. The third kappa shape index (κ3) is 4.18. The Kier molecular flexibility index (Phi) is 5.58. The van der Waals surface area contributed by atoms with Gasteiger partial charge in [0.15, 0.2) is 5.16 Å². The number of aromatic nitrogens is 3. The van der Waals surface area contributed by atoms with E-state index in [2.05, 4.69) is 17.1 Å². The molecule has 0 aliphatic heterocycles. The van der Waals surface area contributed by atoms with Crippen molar-refractivity contribution in [2.24, 2.45) is 0 Å². The summed E-state index contributed by atoms with van der Waals surface area (Å²) in [4.78, 5) is 11.6. The van der Waals surface area contributed by atoms with E-state index in [0.29, 0.717) is 23.0 Å². The summed E-state index contributed by atoms with van der Waals surface area (Å²) in [5, 5.41) is 17.0. The molecule has 21 heavy (non-hydrogen) atoms. The summed E-state index contributed by atoms with van der Waals surface area (Å²) in [6, 6.07) is 5.73. The second-order valence-corrected chi connectivity index (χ2v) is 5.68. The maximum atomic E-state index is 12.8. The van der Waals surface area contributed by atoms with Gasteiger partial charge in [-0.15, -0.1) is 5.10 Å². The summed E-state index contributed by atoms with van der Waals surface area (Å²) in [6.45, 7) is 2.66. The monoisotopic (exact) mass is 311 g/mol. The number of nitrogens with one attached hydrogen (secondary N) is 1. The smallest absolute Gasteiger partial charge is 0.343 e. The van der Waals surface area contributed by atoms with Crippen molar-refractivity contribution in [2.75, 3.05) is 5.75 Å². The van der Waals surface area contributed by atoms with Gasteiger partial charge in [0, 0.05) is 12.3 Å². The Morgan fingerprint density at radius 2 is 2.14 bits per heavy atom. The quantitative estimate of drug-likeness (QED) is 0.770. The minimum absolute atomic E-state index is 0.234. The first-order chi connectivity index (χ1) is 10.1. The molecule has 0 aliphatic rings. The van der Waals surface area contributed by atoms with Crippen molar-refractivity contribution in [3.63, 3.8) is 0 Å². The van der Waals surface area contributed by atoms with Gasteiger partial charge in [0.05, 0.1) is 6.10 Å². The highest BCUT2D eigenvalue weighted by Gasteiger charge is 2.13. The van der Waals surface area contributed by atoms with Crippen LogP contribution in [0.1, 0.15) is 31.4 Å². The molecule has 0 saturated carbocycles. The van der Waals surface area contributed by atoms with Crippen LogP contribution in [0.2, 0.25) is 0 Å². The van der Waals surface area contributed by atoms with Crippen LogP contribution in [0, 0.1) is 5.82 Å². The van der Waals surface area contributed by atoms with E-state index in [4.69, 9.17) is 0 Å². The highest BCUT2D eigenvalue weighted by atomic mass is 32.2. The number of aliphatic hydroxyl groups is 1. The standard InChI is InChI=1S/C14H18FN3O2S/c1-2-3-8-18-13(20)16-17-14(18)21-9-12(19)10-4-6-11(15)7-5-10/h4-7,12,19H,2-3,8-9H2,1H3,(H,16,20). The van der Waals surface area contributed by atoms with Gasteiger partial charge in [0.2, 0.25) is 0 Å². The summed E-state index contributed by atoms with van der Waals surface area (Å²) in [7, 11) is 0. The van der Waals surface area contributed by atoms with Crippen LogP contribution >= 0.6 is 11.8 Å². The molecule has 1 unspecified atom stereocenters. The van der Waals surface area contributed by atoms with Crippen molar-refractivity contribution in [3.8, 4) is 0 Å². The molecular formula is C14H18FN3O2S. The van der Waals surface area contributed by atoms with Crippen LogP contribution in [0.4, 0.5) is 4.39 Å². The average molecular weight is 311 g/mol. The highest BCUT2D eigenvalue weighted by Crippen LogP contribution is 2.23. The van der Waals surface area contributed by atoms with Crippen molar-refractivity contribution >= 4 is 11.8 Å².